The molecule has 1 unspecified atom stereocenters. The maximum absolute atomic E-state index is 13.6. The number of hydrogen-bond donors (Lipinski definition) is 0. The van der Waals surface area contributed by atoms with Gasteiger partial charge >= 0.3 is 0 Å². The van der Waals surface area contributed by atoms with Gasteiger partial charge in [-0.2, -0.15) is 0 Å². The second-order valence-corrected chi connectivity index (χ2v) is 8.84. The molecule has 2 aromatic carbocycles. The van der Waals surface area contributed by atoms with Gasteiger partial charge in [-0.3, -0.25) is 9.59 Å². The number of carbonyl (C=O) groups excluding carboxylic acids is 2. The lowest BCUT2D eigenvalue weighted by atomic mass is 10.1. The van der Waals surface area contributed by atoms with Crippen molar-refractivity contribution >= 4 is 11.8 Å². The number of rotatable bonds is 13. The van der Waals surface area contributed by atoms with Gasteiger partial charge in [-0.1, -0.05) is 37.3 Å². The predicted molar refractivity (Wildman–Crippen MR) is 141 cm³/mol. The van der Waals surface area contributed by atoms with Crippen LogP contribution in [-0.4, -0.2) is 66.1 Å². The molecule has 0 radical (unpaired) electrons. The molecule has 0 saturated heterocycles. The standard InChI is InChI=1S/C29H37N3O4/c1-5-23(2)32(29(34)25-13-15-27(36-4)16-14-25)22-28(33)31(18-19-35-3)21-26-12-9-17-30(26)20-24-10-7-6-8-11-24/h6-17,23H,5,18-22H2,1-4H3. The fourth-order valence-electron chi connectivity index (χ4n) is 4.01. The molecule has 2 amide bonds. The van der Waals surface area contributed by atoms with Crippen LogP contribution < -0.4 is 4.74 Å². The van der Waals surface area contributed by atoms with E-state index >= 15 is 0 Å². The molecule has 7 heteroatoms. The van der Waals surface area contributed by atoms with Gasteiger partial charge in [0.2, 0.25) is 5.91 Å². The van der Waals surface area contributed by atoms with Crippen LogP contribution in [0.3, 0.4) is 0 Å². The molecule has 0 aliphatic rings. The number of amides is 2. The summed E-state index contributed by atoms with van der Waals surface area (Å²) in [5.41, 5.74) is 2.75. The molecule has 192 valence electrons. The summed E-state index contributed by atoms with van der Waals surface area (Å²) in [6, 6.07) is 21.2. The van der Waals surface area contributed by atoms with E-state index in [1.54, 1.807) is 48.3 Å². The van der Waals surface area contributed by atoms with Gasteiger partial charge in [-0.15, -0.1) is 0 Å². The Kier molecular flexibility index (Phi) is 10.1. The molecule has 36 heavy (non-hydrogen) atoms. The third-order valence-electron chi connectivity index (χ3n) is 6.42. The summed E-state index contributed by atoms with van der Waals surface area (Å²) in [6.45, 7) is 6.01. The Morgan fingerprint density at radius 1 is 0.972 bits per heavy atom. The van der Waals surface area contributed by atoms with E-state index in [0.717, 1.165) is 18.7 Å². The molecule has 3 rings (SSSR count). The Morgan fingerprint density at radius 2 is 1.69 bits per heavy atom. The first-order valence-electron chi connectivity index (χ1n) is 12.4. The van der Waals surface area contributed by atoms with Crippen LogP contribution in [0.15, 0.2) is 72.9 Å². The number of nitrogens with zero attached hydrogens (tertiary/aromatic N) is 3. The van der Waals surface area contributed by atoms with Crippen LogP contribution in [0.4, 0.5) is 0 Å². The van der Waals surface area contributed by atoms with E-state index in [-0.39, 0.29) is 24.4 Å². The van der Waals surface area contributed by atoms with Crippen LogP contribution in [0.5, 0.6) is 5.75 Å². The van der Waals surface area contributed by atoms with Crippen LogP contribution in [0.1, 0.15) is 41.9 Å². The molecule has 1 heterocycles. The van der Waals surface area contributed by atoms with Gasteiger partial charge in [0.15, 0.2) is 0 Å². The summed E-state index contributed by atoms with van der Waals surface area (Å²) in [5, 5.41) is 0. The van der Waals surface area contributed by atoms with Crippen molar-refractivity contribution in [2.45, 2.75) is 39.4 Å². The fourth-order valence-corrected chi connectivity index (χ4v) is 4.01. The monoisotopic (exact) mass is 491 g/mol. The van der Waals surface area contributed by atoms with Gasteiger partial charge in [0.1, 0.15) is 12.3 Å². The number of aromatic nitrogens is 1. The third-order valence-corrected chi connectivity index (χ3v) is 6.42. The van der Waals surface area contributed by atoms with Crippen LogP contribution in [0.2, 0.25) is 0 Å². The first-order valence-corrected chi connectivity index (χ1v) is 12.4. The minimum Gasteiger partial charge on any atom is -0.497 e. The second kappa shape index (κ2) is 13.5. The Labute approximate surface area is 214 Å². The maximum atomic E-state index is 13.6. The summed E-state index contributed by atoms with van der Waals surface area (Å²) >= 11 is 0. The fraction of sp³-hybridized carbons (Fsp3) is 0.379. The van der Waals surface area contributed by atoms with E-state index in [9.17, 15) is 9.59 Å². The van der Waals surface area contributed by atoms with Crippen LogP contribution >= 0.6 is 0 Å². The lowest BCUT2D eigenvalue weighted by Crippen LogP contribution is -2.47. The minimum atomic E-state index is -0.167. The molecule has 0 aliphatic heterocycles. The summed E-state index contributed by atoms with van der Waals surface area (Å²) in [5.74, 6) is 0.406. The highest BCUT2D eigenvalue weighted by Gasteiger charge is 2.26. The SMILES string of the molecule is CCC(C)N(CC(=O)N(CCOC)Cc1cccn1Cc1ccccc1)C(=O)c1ccc(OC)cc1. The van der Waals surface area contributed by atoms with Gasteiger partial charge in [0.25, 0.3) is 5.91 Å². The molecule has 0 aliphatic carbocycles. The van der Waals surface area contributed by atoms with Gasteiger partial charge in [0.05, 0.1) is 20.3 Å². The molecule has 0 spiro atoms. The van der Waals surface area contributed by atoms with E-state index in [1.807, 2.05) is 50.4 Å². The summed E-state index contributed by atoms with van der Waals surface area (Å²) in [6.07, 6.45) is 2.77. The molecule has 3 aromatic rings. The first kappa shape index (κ1) is 27.0. The molecule has 7 nitrogen and oxygen atoms in total. The van der Waals surface area contributed by atoms with Gasteiger partial charge in [-0.05, 0) is 55.3 Å². The summed E-state index contributed by atoms with van der Waals surface area (Å²) in [7, 11) is 3.21. The quantitative estimate of drug-likeness (QED) is 0.354. The molecule has 1 aromatic heterocycles. The molecular weight excluding hydrogens is 454 g/mol. The van der Waals surface area contributed by atoms with Crippen molar-refractivity contribution in [2.75, 3.05) is 33.9 Å². The lowest BCUT2D eigenvalue weighted by molar-refractivity contribution is -0.133. The van der Waals surface area contributed by atoms with E-state index in [4.69, 9.17) is 9.47 Å². The van der Waals surface area contributed by atoms with Crippen molar-refractivity contribution in [3.63, 3.8) is 0 Å². The zero-order valence-electron chi connectivity index (χ0n) is 21.7. The molecule has 1 atom stereocenters. The number of carbonyl (C=O) groups is 2. The zero-order chi connectivity index (χ0) is 25.9. The topological polar surface area (TPSA) is 64.0 Å². The average molecular weight is 492 g/mol. The van der Waals surface area contributed by atoms with Crippen LogP contribution in [-0.2, 0) is 22.6 Å². The van der Waals surface area contributed by atoms with Crippen LogP contribution in [0, 0.1) is 0 Å². The normalized spacial score (nSPS) is 11.7. The molecule has 0 saturated carbocycles. The lowest BCUT2D eigenvalue weighted by Gasteiger charge is -2.31. The van der Waals surface area contributed by atoms with Crippen LogP contribution in [0.25, 0.3) is 0 Å². The highest BCUT2D eigenvalue weighted by molar-refractivity contribution is 5.96. The van der Waals surface area contributed by atoms with E-state index < -0.39 is 0 Å². The zero-order valence-corrected chi connectivity index (χ0v) is 21.7. The number of hydrogen-bond acceptors (Lipinski definition) is 4. The Balaban J connectivity index is 1.77. The number of ether oxygens (including phenoxy) is 2. The molecule has 0 fully saturated rings. The molecule has 0 bridgehead atoms. The van der Waals surface area contributed by atoms with Gasteiger partial charge in [-0.25, -0.2) is 0 Å². The van der Waals surface area contributed by atoms with E-state index in [0.29, 0.717) is 31.0 Å². The Morgan fingerprint density at radius 3 is 2.33 bits per heavy atom. The second-order valence-electron chi connectivity index (χ2n) is 8.84. The highest BCUT2D eigenvalue weighted by atomic mass is 16.5. The Hall–Kier alpha value is -3.58. The van der Waals surface area contributed by atoms with Gasteiger partial charge in [0, 0.05) is 43.7 Å². The van der Waals surface area contributed by atoms with Crippen molar-refractivity contribution in [3.8, 4) is 5.75 Å². The smallest absolute Gasteiger partial charge is 0.254 e. The average Bonchev–Trinajstić information content (AvgIpc) is 3.35. The summed E-state index contributed by atoms with van der Waals surface area (Å²) < 4.78 is 12.6. The highest BCUT2D eigenvalue weighted by Crippen LogP contribution is 2.17. The maximum Gasteiger partial charge on any atom is 0.254 e. The third kappa shape index (κ3) is 7.21. The van der Waals surface area contributed by atoms with Crippen molar-refractivity contribution < 1.29 is 19.1 Å². The van der Waals surface area contributed by atoms with Crippen molar-refractivity contribution in [2.24, 2.45) is 0 Å². The molecule has 0 N–H and O–H groups in total. The van der Waals surface area contributed by atoms with Crippen molar-refractivity contribution in [3.05, 3.63) is 89.7 Å². The summed E-state index contributed by atoms with van der Waals surface area (Å²) in [4.78, 5) is 30.4. The van der Waals surface area contributed by atoms with E-state index in [1.165, 1.54) is 5.56 Å². The van der Waals surface area contributed by atoms with Gasteiger partial charge < -0.3 is 23.8 Å². The van der Waals surface area contributed by atoms with E-state index in [2.05, 4.69) is 16.7 Å². The number of benzene rings is 2. The number of methoxy groups -OCH3 is 2. The van der Waals surface area contributed by atoms with Crippen molar-refractivity contribution in [1.29, 1.82) is 0 Å². The van der Waals surface area contributed by atoms with Crippen molar-refractivity contribution in [1.82, 2.24) is 14.4 Å². The first-order chi connectivity index (χ1) is 17.5. The Bertz CT molecular complexity index is 1100. The predicted octanol–water partition coefficient (Wildman–Crippen LogP) is 4.46. The molecular formula is C29H37N3O4. The minimum absolute atomic E-state index is 0.00295. The largest absolute Gasteiger partial charge is 0.497 e.